The van der Waals surface area contributed by atoms with E-state index < -0.39 is 40.1 Å². The fourth-order valence-corrected chi connectivity index (χ4v) is 1.65. The van der Waals surface area contributed by atoms with Crippen LogP contribution in [0.5, 0.6) is 11.5 Å². The SMILES string of the molecule is N[C@@H](c1cc(OC(F)(F)F)cc(Br)c1O)C(F)(F)F. The van der Waals surface area contributed by atoms with Gasteiger partial charge in [0.05, 0.1) is 4.47 Å². The Balaban J connectivity index is 3.25. The second-order valence-electron chi connectivity index (χ2n) is 3.41. The molecule has 10 heteroatoms. The van der Waals surface area contributed by atoms with Crippen molar-refractivity contribution in [2.45, 2.75) is 18.6 Å². The first-order chi connectivity index (χ1) is 8.42. The van der Waals surface area contributed by atoms with E-state index in [1.165, 1.54) is 0 Å². The molecule has 108 valence electrons. The van der Waals surface area contributed by atoms with Crippen molar-refractivity contribution in [2.24, 2.45) is 5.73 Å². The highest BCUT2D eigenvalue weighted by Crippen LogP contribution is 2.41. The van der Waals surface area contributed by atoms with Crippen LogP contribution in [-0.2, 0) is 0 Å². The van der Waals surface area contributed by atoms with Gasteiger partial charge in [-0.05, 0) is 28.1 Å². The van der Waals surface area contributed by atoms with Gasteiger partial charge in [0.2, 0.25) is 0 Å². The van der Waals surface area contributed by atoms with Crippen LogP contribution >= 0.6 is 15.9 Å². The molecule has 0 aromatic heterocycles. The molecule has 0 aliphatic heterocycles. The summed E-state index contributed by atoms with van der Waals surface area (Å²) in [7, 11) is 0. The molecule has 0 saturated heterocycles. The van der Waals surface area contributed by atoms with Crippen molar-refractivity contribution in [1.82, 2.24) is 0 Å². The number of phenolic OH excluding ortho intramolecular Hbond substituents is 1. The summed E-state index contributed by atoms with van der Waals surface area (Å²) < 4.78 is 76.2. The summed E-state index contributed by atoms with van der Waals surface area (Å²) >= 11 is 2.62. The highest BCUT2D eigenvalue weighted by atomic mass is 79.9. The molecule has 3 nitrogen and oxygen atoms in total. The quantitative estimate of drug-likeness (QED) is 0.798. The van der Waals surface area contributed by atoms with E-state index in [0.29, 0.717) is 12.1 Å². The van der Waals surface area contributed by atoms with E-state index in [2.05, 4.69) is 20.7 Å². The van der Waals surface area contributed by atoms with Gasteiger partial charge in [-0.15, -0.1) is 13.2 Å². The number of hydrogen-bond acceptors (Lipinski definition) is 3. The zero-order chi connectivity index (χ0) is 15.0. The minimum absolute atomic E-state index is 0.381. The lowest BCUT2D eigenvalue weighted by Gasteiger charge is -2.19. The first-order valence-electron chi connectivity index (χ1n) is 4.52. The average molecular weight is 354 g/mol. The van der Waals surface area contributed by atoms with E-state index in [9.17, 15) is 31.4 Å². The van der Waals surface area contributed by atoms with Crippen LogP contribution in [0.25, 0.3) is 0 Å². The van der Waals surface area contributed by atoms with E-state index in [1.807, 2.05) is 0 Å². The highest BCUT2D eigenvalue weighted by Gasteiger charge is 2.40. The highest BCUT2D eigenvalue weighted by molar-refractivity contribution is 9.10. The number of aromatic hydroxyl groups is 1. The molecule has 1 atom stereocenters. The number of nitrogens with two attached hydrogens (primary N) is 1. The molecular formula is C9H6BrF6NO2. The normalized spacial score (nSPS) is 14.3. The first kappa shape index (κ1) is 15.9. The van der Waals surface area contributed by atoms with Crippen molar-refractivity contribution in [1.29, 1.82) is 0 Å². The Morgan fingerprint density at radius 3 is 2.11 bits per heavy atom. The first-order valence-corrected chi connectivity index (χ1v) is 5.31. The van der Waals surface area contributed by atoms with E-state index in [0.717, 1.165) is 0 Å². The van der Waals surface area contributed by atoms with Gasteiger partial charge in [-0.1, -0.05) is 0 Å². The Kier molecular flexibility index (Phi) is 4.25. The molecule has 1 rings (SSSR count). The predicted octanol–water partition coefficient (Wildman–Crippen LogP) is 3.62. The summed E-state index contributed by atoms with van der Waals surface area (Å²) in [5, 5.41) is 9.39. The second-order valence-corrected chi connectivity index (χ2v) is 4.26. The largest absolute Gasteiger partial charge is 0.573 e. The molecular weight excluding hydrogens is 348 g/mol. The molecule has 0 aliphatic carbocycles. The van der Waals surface area contributed by atoms with Crippen LogP contribution in [0.15, 0.2) is 16.6 Å². The fourth-order valence-electron chi connectivity index (χ4n) is 1.20. The van der Waals surface area contributed by atoms with Gasteiger partial charge >= 0.3 is 12.5 Å². The number of benzene rings is 1. The van der Waals surface area contributed by atoms with Crippen molar-refractivity contribution in [3.8, 4) is 11.5 Å². The summed E-state index contributed by atoms with van der Waals surface area (Å²) in [6.45, 7) is 0. The third kappa shape index (κ3) is 4.16. The zero-order valence-electron chi connectivity index (χ0n) is 8.81. The molecule has 1 aromatic rings. The van der Waals surface area contributed by atoms with Gasteiger partial charge < -0.3 is 15.6 Å². The third-order valence-corrected chi connectivity index (χ3v) is 2.59. The average Bonchev–Trinajstić information content (AvgIpc) is 2.18. The van der Waals surface area contributed by atoms with E-state index in [4.69, 9.17) is 5.73 Å². The topological polar surface area (TPSA) is 55.5 Å². The fraction of sp³-hybridized carbons (Fsp3) is 0.333. The number of ether oxygens (including phenoxy) is 1. The maximum Gasteiger partial charge on any atom is 0.573 e. The van der Waals surface area contributed by atoms with Crippen molar-refractivity contribution in [3.63, 3.8) is 0 Å². The van der Waals surface area contributed by atoms with Crippen LogP contribution in [0.2, 0.25) is 0 Å². The van der Waals surface area contributed by atoms with Crippen LogP contribution < -0.4 is 10.5 Å². The smallest absolute Gasteiger partial charge is 0.506 e. The van der Waals surface area contributed by atoms with Crippen LogP contribution in [0.4, 0.5) is 26.3 Å². The number of rotatable bonds is 2. The second kappa shape index (κ2) is 5.08. The Labute approximate surface area is 111 Å². The number of phenols is 1. The van der Waals surface area contributed by atoms with Crippen LogP contribution in [-0.4, -0.2) is 17.6 Å². The Morgan fingerprint density at radius 2 is 1.68 bits per heavy atom. The zero-order valence-corrected chi connectivity index (χ0v) is 10.4. The molecule has 1 aromatic carbocycles. The standard InChI is InChI=1S/C9H6BrF6NO2/c10-5-2-3(19-9(14,15)16)1-4(6(5)18)7(17)8(11,12)13/h1-2,7,18H,17H2/t7-/m0/s1. The number of hydrogen-bond donors (Lipinski definition) is 2. The van der Waals surface area contributed by atoms with Crippen molar-refractivity contribution in [2.75, 3.05) is 0 Å². The van der Waals surface area contributed by atoms with Gasteiger partial charge in [0.25, 0.3) is 0 Å². The van der Waals surface area contributed by atoms with Gasteiger partial charge in [-0.3, -0.25) is 0 Å². The lowest BCUT2D eigenvalue weighted by molar-refractivity contribution is -0.274. The molecule has 0 amide bonds. The molecule has 0 radical (unpaired) electrons. The molecule has 19 heavy (non-hydrogen) atoms. The molecule has 0 heterocycles. The molecule has 0 spiro atoms. The van der Waals surface area contributed by atoms with E-state index in [-0.39, 0.29) is 0 Å². The maximum absolute atomic E-state index is 12.4. The molecule has 0 unspecified atom stereocenters. The van der Waals surface area contributed by atoms with Crippen LogP contribution in [0, 0.1) is 0 Å². The van der Waals surface area contributed by atoms with E-state index >= 15 is 0 Å². The molecule has 0 bridgehead atoms. The third-order valence-electron chi connectivity index (χ3n) is 1.99. The molecule has 0 saturated carbocycles. The van der Waals surface area contributed by atoms with Gasteiger partial charge in [0.1, 0.15) is 17.5 Å². The van der Waals surface area contributed by atoms with Gasteiger partial charge in [0, 0.05) is 5.56 Å². The lowest BCUT2D eigenvalue weighted by atomic mass is 10.1. The minimum atomic E-state index is -5.07. The van der Waals surface area contributed by atoms with Gasteiger partial charge in [-0.25, -0.2) is 0 Å². The summed E-state index contributed by atoms with van der Waals surface area (Å²) in [6, 6.07) is -1.58. The Morgan fingerprint density at radius 1 is 1.16 bits per heavy atom. The summed E-state index contributed by atoms with van der Waals surface area (Å²) in [6.07, 6.45) is -10.00. The Bertz CT molecular complexity index is 473. The van der Waals surface area contributed by atoms with Crippen LogP contribution in [0.1, 0.15) is 11.6 Å². The Hall–Kier alpha value is -1.16. The lowest BCUT2D eigenvalue weighted by Crippen LogP contribution is -2.28. The number of alkyl halides is 6. The monoisotopic (exact) mass is 353 g/mol. The minimum Gasteiger partial charge on any atom is -0.506 e. The number of halogens is 7. The van der Waals surface area contributed by atoms with Crippen molar-refractivity contribution < 1.29 is 36.2 Å². The van der Waals surface area contributed by atoms with E-state index in [1.54, 1.807) is 0 Å². The molecule has 3 N–H and O–H groups in total. The molecule has 0 fully saturated rings. The van der Waals surface area contributed by atoms with Crippen molar-refractivity contribution in [3.05, 3.63) is 22.2 Å². The maximum atomic E-state index is 12.4. The summed E-state index contributed by atoms with van der Waals surface area (Å²) in [4.78, 5) is 0. The summed E-state index contributed by atoms with van der Waals surface area (Å²) in [5.41, 5.74) is 3.90. The molecule has 0 aliphatic rings. The van der Waals surface area contributed by atoms with Gasteiger partial charge in [-0.2, -0.15) is 13.2 Å². The van der Waals surface area contributed by atoms with Crippen molar-refractivity contribution >= 4 is 15.9 Å². The summed E-state index contributed by atoms with van der Waals surface area (Å²) in [5.74, 6) is -1.83. The van der Waals surface area contributed by atoms with Gasteiger partial charge in [0.15, 0.2) is 0 Å². The van der Waals surface area contributed by atoms with Crippen LogP contribution in [0.3, 0.4) is 0 Å². The predicted molar refractivity (Wildman–Crippen MR) is 55.5 cm³/mol.